The van der Waals surface area contributed by atoms with Crippen LogP contribution in [0.2, 0.25) is 0 Å². The first kappa shape index (κ1) is 15.3. The molecule has 0 saturated carbocycles. The van der Waals surface area contributed by atoms with Crippen LogP contribution < -0.4 is 5.32 Å². The third-order valence-corrected chi connectivity index (χ3v) is 3.37. The molecule has 0 aliphatic rings. The summed E-state index contributed by atoms with van der Waals surface area (Å²) >= 11 is 0. The fourth-order valence-electron chi connectivity index (χ4n) is 1.94. The molecule has 1 rings (SSSR count). The molecule has 3 heteroatoms. The van der Waals surface area contributed by atoms with E-state index in [4.69, 9.17) is 0 Å². The van der Waals surface area contributed by atoms with Crippen molar-refractivity contribution in [3.05, 3.63) is 24.0 Å². The summed E-state index contributed by atoms with van der Waals surface area (Å²) in [5.74, 6) is 0. The molecule has 0 aromatic carbocycles. The highest BCUT2D eigenvalue weighted by atomic mass is 15.1. The van der Waals surface area contributed by atoms with E-state index in [-0.39, 0.29) is 0 Å². The Morgan fingerprint density at radius 1 is 1.39 bits per heavy atom. The Kier molecular flexibility index (Phi) is 7.06. The van der Waals surface area contributed by atoms with Crippen molar-refractivity contribution in [1.82, 2.24) is 14.8 Å². The average molecular weight is 251 g/mol. The highest BCUT2D eigenvalue weighted by molar-refractivity contribution is 5.09. The lowest BCUT2D eigenvalue weighted by molar-refractivity contribution is 0.269. The van der Waals surface area contributed by atoms with Gasteiger partial charge in [0.1, 0.15) is 0 Å². The van der Waals surface area contributed by atoms with Crippen LogP contribution in [0, 0.1) is 0 Å². The van der Waals surface area contributed by atoms with Gasteiger partial charge in [-0.2, -0.15) is 0 Å². The molecule has 0 aliphatic heterocycles. The number of nitrogens with zero attached hydrogens (tertiary/aromatic N) is 2. The maximum atomic E-state index is 3.51. The van der Waals surface area contributed by atoms with Crippen LogP contribution in [-0.2, 0) is 13.1 Å². The van der Waals surface area contributed by atoms with E-state index in [9.17, 15) is 0 Å². The van der Waals surface area contributed by atoms with Crippen LogP contribution in [0.1, 0.15) is 39.2 Å². The van der Waals surface area contributed by atoms with Gasteiger partial charge in [0.25, 0.3) is 0 Å². The monoisotopic (exact) mass is 251 g/mol. The molecule has 3 nitrogen and oxygen atoms in total. The van der Waals surface area contributed by atoms with Crippen LogP contribution in [0.5, 0.6) is 0 Å². The van der Waals surface area contributed by atoms with E-state index in [2.05, 4.69) is 61.1 Å². The van der Waals surface area contributed by atoms with Gasteiger partial charge in [0, 0.05) is 31.5 Å². The smallest absolute Gasteiger partial charge is 0.0220 e. The van der Waals surface area contributed by atoms with Gasteiger partial charge < -0.3 is 14.8 Å². The van der Waals surface area contributed by atoms with Crippen LogP contribution in [0.4, 0.5) is 0 Å². The van der Waals surface area contributed by atoms with Gasteiger partial charge in [-0.05, 0) is 58.5 Å². The number of aromatic nitrogens is 1. The number of hydrogen-bond donors (Lipinski definition) is 1. The predicted molar refractivity (Wildman–Crippen MR) is 78.8 cm³/mol. The van der Waals surface area contributed by atoms with Crippen LogP contribution >= 0.6 is 0 Å². The molecule has 1 aromatic heterocycles. The van der Waals surface area contributed by atoms with E-state index >= 15 is 0 Å². The van der Waals surface area contributed by atoms with Crippen LogP contribution in [0.3, 0.4) is 0 Å². The van der Waals surface area contributed by atoms with E-state index in [1.54, 1.807) is 0 Å². The van der Waals surface area contributed by atoms with Gasteiger partial charge in [0.15, 0.2) is 0 Å². The van der Waals surface area contributed by atoms with Gasteiger partial charge in [-0.1, -0.05) is 6.92 Å². The van der Waals surface area contributed by atoms with Gasteiger partial charge >= 0.3 is 0 Å². The highest BCUT2D eigenvalue weighted by Crippen LogP contribution is 2.02. The molecule has 0 radical (unpaired) electrons. The lowest BCUT2D eigenvalue weighted by Gasteiger charge is -2.20. The summed E-state index contributed by atoms with van der Waals surface area (Å²) in [5.41, 5.74) is 1.39. The van der Waals surface area contributed by atoms with E-state index < -0.39 is 0 Å². The first-order valence-corrected chi connectivity index (χ1v) is 7.19. The molecule has 0 aliphatic carbocycles. The molecule has 0 saturated heterocycles. The Morgan fingerprint density at radius 2 is 2.17 bits per heavy atom. The molecule has 1 aromatic rings. The van der Waals surface area contributed by atoms with E-state index in [0.29, 0.717) is 6.04 Å². The van der Waals surface area contributed by atoms with Crippen molar-refractivity contribution < 1.29 is 0 Å². The molecule has 1 heterocycles. The SMILES string of the molecule is CCCn1ccc(CNCCCN(C)C(C)C)c1. The fraction of sp³-hybridized carbons (Fsp3) is 0.733. The average Bonchev–Trinajstić information content (AvgIpc) is 2.76. The fourth-order valence-corrected chi connectivity index (χ4v) is 1.94. The quantitative estimate of drug-likeness (QED) is 0.681. The topological polar surface area (TPSA) is 20.2 Å². The van der Waals surface area contributed by atoms with Crippen LogP contribution in [0.15, 0.2) is 18.5 Å². The second kappa shape index (κ2) is 8.33. The summed E-state index contributed by atoms with van der Waals surface area (Å²) in [5, 5.41) is 3.51. The molecular weight excluding hydrogens is 222 g/mol. The predicted octanol–water partition coefficient (Wildman–Crippen LogP) is 2.72. The summed E-state index contributed by atoms with van der Waals surface area (Å²) in [6, 6.07) is 2.86. The minimum Gasteiger partial charge on any atom is -0.354 e. The molecule has 0 bridgehead atoms. The Bertz CT molecular complexity index is 317. The number of aryl methyl sites for hydroxylation is 1. The molecule has 0 fully saturated rings. The van der Waals surface area contributed by atoms with Crippen molar-refractivity contribution in [2.24, 2.45) is 0 Å². The lowest BCUT2D eigenvalue weighted by Crippen LogP contribution is -2.29. The van der Waals surface area contributed by atoms with Gasteiger partial charge in [-0.25, -0.2) is 0 Å². The summed E-state index contributed by atoms with van der Waals surface area (Å²) in [6.07, 6.45) is 6.83. The first-order chi connectivity index (χ1) is 8.63. The third-order valence-electron chi connectivity index (χ3n) is 3.37. The number of nitrogens with one attached hydrogen (secondary N) is 1. The summed E-state index contributed by atoms with van der Waals surface area (Å²) in [7, 11) is 2.19. The minimum atomic E-state index is 0.646. The molecule has 1 N–H and O–H groups in total. The largest absolute Gasteiger partial charge is 0.354 e. The molecule has 0 unspecified atom stereocenters. The van der Waals surface area contributed by atoms with Crippen molar-refractivity contribution in [1.29, 1.82) is 0 Å². The standard InChI is InChI=1S/C15H29N3/c1-5-9-18-11-7-15(13-18)12-16-8-6-10-17(4)14(2)3/h7,11,13-14,16H,5-6,8-10,12H2,1-4H3. The summed E-state index contributed by atoms with van der Waals surface area (Å²) in [6.45, 7) is 11.1. The molecule has 18 heavy (non-hydrogen) atoms. The van der Waals surface area contributed by atoms with E-state index in [0.717, 1.165) is 19.6 Å². The minimum absolute atomic E-state index is 0.646. The van der Waals surface area contributed by atoms with Gasteiger partial charge in [0.05, 0.1) is 0 Å². The summed E-state index contributed by atoms with van der Waals surface area (Å²) in [4.78, 5) is 2.39. The molecular formula is C15H29N3. The second-order valence-electron chi connectivity index (χ2n) is 5.36. The van der Waals surface area contributed by atoms with Crippen molar-refractivity contribution in [3.8, 4) is 0 Å². The molecule has 0 amide bonds. The Hall–Kier alpha value is -0.800. The van der Waals surface area contributed by atoms with Crippen molar-refractivity contribution in [3.63, 3.8) is 0 Å². The third kappa shape index (κ3) is 5.69. The zero-order chi connectivity index (χ0) is 13.4. The Balaban J connectivity index is 2.10. The summed E-state index contributed by atoms with van der Waals surface area (Å²) < 4.78 is 2.27. The van der Waals surface area contributed by atoms with Gasteiger partial charge in [-0.3, -0.25) is 0 Å². The van der Waals surface area contributed by atoms with E-state index in [1.807, 2.05) is 0 Å². The van der Waals surface area contributed by atoms with Crippen LogP contribution in [-0.4, -0.2) is 35.6 Å². The molecule has 0 spiro atoms. The maximum absolute atomic E-state index is 3.51. The number of hydrogen-bond acceptors (Lipinski definition) is 2. The Labute approximate surface area is 112 Å². The van der Waals surface area contributed by atoms with Crippen molar-refractivity contribution in [2.75, 3.05) is 20.1 Å². The molecule has 0 atom stereocenters. The zero-order valence-corrected chi connectivity index (χ0v) is 12.4. The van der Waals surface area contributed by atoms with E-state index in [1.165, 1.54) is 24.9 Å². The van der Waals surface area contributed by atoms with Crippen LogP contribution in [0.25, 0.3) is 0 Å². The van der Waals surface area contributed by atoms with Gasteiger partial charge in [0.2, 0.25) is 0 Å². The zero-order valence-electron chi connectivity index (χ0n) is 12.4. The lowest BCUT2D eigenvalue weighted by atomic mass is 10.3. The van der Waals surface area contributed by atoms with Gasteiger partial charge in [-0.15, -0.1) is 0 Å². The normalized spacial score (nSPS) is 11.7. The van der Waals surface area contributed by atoms with Crippen molar-refractivity contribution in [2.45, 2.75) is 52.7 Å². The Morgan fingerprint density at radius 3 is 2.83 bits per heavy atom. The maximum Gasteiger partial charge on any atom is 0.0220 e. The first-order valence-electron chi connectivity index (χ1n) is 7.19. The second-order valence-corrected chi connectivity index (χ2v) is 5.36. The molecule has 104 valence electrons. The van der Waals surface area contributed by atoms with Crippen molar-refractivity contribution >= 4 is 0 Å². The number of rotatable bonds is 9. The highest BCUT2D eigenvalue weighted by Gasteiger charge is 2.01.